The van der Waals surface area contributed by atoms with Gasteiger partial charge in [-0.2, -0.15) is 0 Å². The van der Waals surface area contributed by atoms with E-state index < -0.39 is 0 Å². The number of benzene rings is 2. The van der Waals surface area contributed by atoms with E-state index in [1.807, 2.05) is 30.3 Å². The first kappa shape index (κ1) is 23.5. The van der Waals surface area contributed by atoms with Crippen LogP contribution in [0.1, 0.15) is 49.6 Å². The third-order valence-corrected chi connectivity index (χ3v) is 6.84. The number of methoxy groups -OCH3 is 1. The molecule has 7 nitrogen and oxygen atoms in total. The zero-order chi connectivity index (χ0) is 23.9. The van der Waals surface area contributed by atoms with Crippen molar-refractivity contribution in [1.29, 1.82) is 0 Å². The van der Waals surface area contributed by atoms with Crippen molar-refractivity contribution in [2.24, 2.45) is 0 Å². The highest BCUT2D eigenvalue weighted by Crippen LogP contribution is 2.38. The van der Waals surface area contributed by atoms with E-state index >= 15 is 0 Å². The molecule has 1 aliphatic rings. The lowest BCUT2D eigenvalue weighted by atomic mass is 9.95. The number of rotatable bonds is 9. The number of thiophene rings is 1. The Kier molecular flexibility index (Phi) is 7.59. The summed E-state index contributed by atoms with van der Waals surface area (Å²) in [6.07, 6.45) is 4.54. The van der Waals surface area contributed by atoms with Crippen molar-refractivity contribution in [2.45, 2.75) is 32.2 Å². The maximum atomic E-state index is 13.1. The molecule has 0 unspecified atom stereocenters. The van der Waals surface area contributed by atoms with Crippen LogP contribution in [0.15, 0.2) is 48.5 Å². The molecule has 0 bridgehead atoms. The van der Waals surface area contributed by atoms with Gasteiger partial charge in [-0.3, -0.25) is 14.4 Å². The third kappa shape index (κ3) is 5.46. The van der Waals surface area contributed by atoms with Gasteiger partial charge in [-0.1, -0.05) is 30.3 Å². The number of hydrogen-bond donors (Lipinski definition) is 2. The van der Waals surface area contributed by atoms with Gasteiger partial charge in [0, 0.05) is 17.0 Å². The topological polar surface area (TPSA) is 93.7 Å². The maximum Gasteiger partial charge on any atom is 0.262 e. The van der Waals surface area contributed by atoms with Crippen LogP contribution in [-0.4, -0.2) is 31.8 Å². The largest absolute Gasteiger partial charge is 0.493 e. The maximum absolute atomic E-state index is 13.1. The first-order valence-electron chi connectivity index (χ1n) is 11.1. The van der Waals surface area contributed by atoms with Gasteiger partial charge in [0.1, 0.15) is 11.3 Å². The van der Waals surface area contributed by atoms with Crippen molar-refractivity contribution in [3.63, 3.8) is 0 Å². The normalized spacial score (nSPS) is 12.4. The molecule has 0 radical (unpaired) electrons. The average molecular weight is 479 g/mol. The highest BCUT2D eigenvalue weighted by Gasteiger charge is 2.26. The van der Waals surface area contributed by atoms with E-state index in [9.17, 15) is 14.4 Å². The Morgan fingerprint density at radius 2 is 1.85 bits per heavy atom. The minimum absolute atomic E-state index is 0.189. The molecule has 4 rings (SSSR count). The number of aldehydes is 1. The highest BCUT2D eigenvalue weighted by atomic mass is 32.1. The van der Waals surface area contributed by atoms with Crippen molar-refractivity contribution >= 4 is 34.4 Å². The first-order valence-corrected chi connectivity index (χ1v) is 11.9. The molecule has 2 amide bonds. The van der Waals surface area contributed by atoms with Crippen LogP contribution in [-0.2, 0) is 24.2 Å². The van der Waals surface area contributed by atoms with Gasteiger partial charge in [-0.15, -0.1) is 11.3 Å². The molecule has 8 heteroatoms. The van der Waals surface area contributed by atoms with Gasteiger partial charge < -0.3 is 20.1 Å². The summed E-state index contributed by atoms with van der Waals surface area (Å²) in [5.74, 6) is 0.155. The number of ether oxygens (including phenoxy) is 2. The minimum Gasteiger partial charge on any atom is -0.493 e. The van der Waals surface area contributed by atoms with Gasteiger partial charge in [-0.05, 0) is 55.0 Å². The molecule has 3 aromatic rings. The van der Waals surface area contributed by atoms with E-state index in [2.05, 4.69) is 10.6 Å². The fraction of sp³-hybridized carbons (Fsp3) is 0.269. The Hall–Kier alpha value is -3.65. The Morgan fingerprint density at radius 1 is 1.06 bits per heavy atom. The van der Waals surface area contributed by atoms with Gasteiger partial charge in [0.05, 0.1) is 12.7 Å². The Morgan fingerprint density at radius 3 is 2.62 bits per heavy atom. The molecule has 34 heavy (non-hydrogen) atoms. The predicted molar refractivity (Wildman–Crippen MR) is 131 cm³/mol. The number of carbonyl (C=O) groups is 3. The Balaban J connectivity index is 1.47. The van der Waals surface area contributed by atoms with Crippen LogP contribution in [0.2, 0.25) is 0 Å². The SMILES string of the molecule is COc1cc(C=O)ccc1OCC(=O)Nc1sc2c(c1C(=O)NCc1ccccc1)CCCC2. The summed E-state index contributed by atoms with van der Waals surface area (Å²) >= 11 is 1.46. The van der Waals surface area contributed by atoms with Crippen LogP contribution in [0.3, 0.4) is 0 Å². The van der Waals surface area contributed by atoms with Gasteiger partial charge in [0.2, 0.25) is 0 Å². The van der Waals surface area contributed by atoms with Crippen LogP contribution in [0.25, 0.3) is 0 Å². The fourth-order valence-corrected chi connectivity index (χ4v) is 5.25. The highest BCUT2D eigenvalue weighted by molar-refractivity contribution is 7.17. The molecule has 1 aromatic heterocycles. The summed E-state index contributed by atoms with van der Waals surface area (Å²) in [5, 5.41) is 6.41. The van der Waals surface area contributed by atoms with Gasteiger partial charge in [0.15, 0.2) is 18.1 Å². The molecule has 0 atom stereocenters. The lowest BCUT2D eigenvalue weighted by molar-refractivity contribution is -0.118. The minimum atomic E-state index is -0.378. The van der Waals surface area contributed by atoms with E-state index in [1.54, 1.807) is 18.2 Å². The molecule has 2 aromatic carbocycles. The number of nitrogens with one attached hydrogen (secondary N) is 2. The fourth-order valence-electron chi connectivity index (χ4n) is 3.94. The van der Waals surface area contributed by atoms with Crippen molar-refractivity contribution in [3.8, 4) is 11.5 Å². The van der Waals surface area contributed by atoms with Crippen molar-refractivity contribution in [2.75, 3.05) is 19.0 Å². The summed E-state index contributed by atoms with van der Waals surface area (Å²) in [6, 6.07) is 14.4. The summed E-state index contributed by atoms with van der Waals surface area (Å²) < 4.78 is 10.9. The Bertz CT molecular complexity index is 1190. The number of amides is 2. The first-order chi connectivity index (χ1) is 16.6. The number of fused-ring (bicyclic) bond motifs is 1. The van der Waals surface area contributed by atoms with Crippen molar-refractivity contribution in [3.05, 3.63) is 75.7 Å². The molecular formula is C26H26N2O5S. The quantitative estimate of drug-likeness (QED) is 0.445. The van der Waals surface area contributed by atoms with E-state index in [1.165, 1.54) is 18.4 Å². The molecular weight excluding hydrogens is 452 g/mol. The lowest BCUT2D eigenvalue weighted by Crippen LogP contribution is -2.26. The van der Waals surface area contributed by atoms with E-state index in [0.717, 1.165) is 41.7 Å². The molecule has 1 heterocycles. The summed E-state index contributed by atoms with van der Waals surface area (Å²) in [5.41, 5.74) is 3.04. The van der Waals surface area contributed by atoms with Crippen LogP contribution < -0.4 is 20.1 Å². The molecule has 0 spiro atoms. The van der Waals surface area contributed by atoms with Crippen LogP contribution in [0, 0.1) is 0 Å². The second-order valence-electron chi connectivity index (χ2n) is 7.95. The molecule has 0 aliphatic heterocycles. The number of carbonyl (C=O) groups excluding carboxylic acids is 3. The van der Waals surface area contributed by atoms with E-state index in [-0.39, 0.29) is 18.4 Å². The molecule has 0 fully saturated rings. The molecule has 1 aliphatic carbocycles. The van der Waals surface area contributed by atoms with E-state index in [0.29, 0.717) is 40.5 Å². The third-order valence-electron chi connectivity index (χ3n) is 5.63. The number of anilines is 1. The lowest BCUT2D eigenvalue weighted by Gasteiger charge is -2.14. The van der Waals surface area contributed by atoms with Gasteiger partial charge >= 0.3 is 0 Å². The summed E-state index contributed by atoms with van der Waals surface area (Å²) in [4.78, 5) is 38.0. The zero-order valence-electron chi connectivity index (χ0n) is 18.9. The van der Waals surface area contributed by atoms with Crippen molar-refractivity contribution < 1.29 is 23.9 Å². The predicted octanol–water partition coefficient (Wildman–Crippen LogP) is 4.40. The summed E-state index contributed by atoms with van der Waals surface area (Å²) in [7, 11) is 1.47. The van der Waals surface area contributed by atoms with Crippen LogP contribution >= 0.6 is 11.3 Å². The molecule has 2 N–H and O–H groups in total. The van der Waals surface area contributed by atoms with Crippen LogP contribution in [0.5, 0.6) is 11.5 Å². The molecule has 0 saturated carbocycles. The zero-order valence-corrected chi connectivity index (χ0v) is 19.7. The monoisotopic (exact) mass is 478 g/mol. The van der Waals surface area contributed by atoms with Crippen LogP contribution in [0.4, 0.5) is 5.00 Å². The number of hydrogen-bond acceptors (Lipinski definition) is 6. The second kappa shape index (κ2) is 11.0. The standard InChI is InChI=1S/C26H26N2O5S/c1-32-21-13-18(15-29)11-12-20(21)33-16-23(30)28-26-24(19-9-5-6-10-22(19)34-26)25(31)27-14-17-7-3-2-4-8-17/h2-4,7-8,11-13,15H,5-6,9-10,14,16H2,1H3,(H,27,31)(H,28,30). The van der Waals surface area contributed by atoms with Gasteiger partial charge in [0.25, 0.3) is 11.8 Å². The Labute approximate surface area is 202 Å². The second-order valence-corrected chi connectivity index (χ2v) is 9.05. The molecule has 176 valence electrons. The van der Waals surface area contributed by atoms with E-state index in [4.69, 9.17) is 9.47 Å². The molecule has 0 saturated heterocycles. The average Bonchev–Trinajstić information content (AvgIpc) is 3.24. The van der Waals surface area contributed by atoms with Gasteiger partial charge in [-0.25, -0.2) is 0 Å². The summed E-state index contributed by atoms with van der Waals surface area (Å²) in [6.45, 7) is 0.155. The van der Waals surface area contributed by atoms with Crippen molar-refractivity contribution in [1.82, 2.24) is 5.32 Å². The smallest absolute Gasteiger partial charge is 0.262 e. The number of aryl methyl sites for hydroxylation is 1.